The molecule has 0 amide bonds. The molecular weight excluding hydrogens is 168 g/mol. The maximum absolute atomic E-state index is 11.2. The molecule has 0 atom stereocenters. The first-order valence-electron chi connectivity index (χ1n) is 4.56. The maximum Gasteiger partial charge on any atom is 0.308 e. The standard InChI is InChI=1S/C10H16O3/c1-12-7-8-3-5-9(6-4-8)10(11)13-2/h7,9H,3-6H2,1-2H3. The van der Waals surface area contributed by atoms with Gasteiger partial charge in [0.25, 0.3) is 0 Å². The van der Waals surface area contributed by atoms with Crippen LogP contribution < -0.4 is 0 Å². The van der Waals surface area contributed by atoms with Gasteiger partial charge in [-0.05, 0) is 31.3 Å². The van der Waals surface area contributed by atoms with E-state index in [0.717, 1.165) is 25.7 Å². The Morgan fingerprint density at radius 2 is 2.00 bits per heavy atom. The highest BCUT2D eigenvalue weighted by Gasteiger charge is 2.23. The highest BCUT2D eigenvalue weighted by molar-refractivity contribution is 5.72. The molecule has 1 rings (SSSR count). The van der Waals surface area contributed by atoms with E-state index in [1.54, 1.807) is 13.4 Å². The molecule has 1 aliphatic rings. The van der Waals surface area contributed by atoms with E-state index in [4.69, 9.17) is 9.47 Å². The normalized spacial score (nSPS) is 22.3. The van der Waals surface area contributed by atoms with Gasteiger partial charge in [-0.3, -0.25) is 4.79 Å². The van der Waals surface area contributed by atoms with Crippen molar-refractivity contribution in [2.75, 3.05) is 14.2 Å². The molecule has 3 heteroatoms. The van der Waals surface area contributed by atoms with Crippen molar-refractivity contribution in [2.24, 2.45) is 5.92 Å². The monoisotopic (exact) mass is 184 g/mol. The Bertz CT molecular complexity index is 198. The van der Waals surface area contributed by atoms with E-state index in [0.29, 0.717) is 0 Å². The zero-order valence-corrected chi connectivity index (χ0v) is 8.21. The van der Waals surface area contributed by atoms with Crippen LogP contribution in [0, 0.1) is 5.92 Å². The number of ether oxygens (including phenoxy) is 2. The van der Waals surface area contributed by atoms with Gasteiger partial charge in [-0.15, -0.1) is 0 Å². The van der Waals surface area contributed by atoms with E-state index < -0.39 is 0 Å². The lowest BCUT2D eigenvalue weighted by molar-refractivity contribution is -0.146. The summed E-state index contributed by atoms with van der Waals surface area (Å²) in [6.07, 6.45) is 5.47. The highest BCUT2D eigenvalue weighted by atomic mass is 16.5. The van der Waals surface area contributed by atoms with Gasteiger partial charge in [-0.1, -0.05) is 0 Å². The number of methoxy groups -OCH3 is 2. The molecule has 0 unspecified atom stereocenters. The molecule has 1 aliphatic carbocycles. The Morgan fingerprint density at radius 3 is 2.46 bits per heavy atom. The summed E-state index contributed by atoms with van der Waals surface area (Å²) in [5, 5.41) is 0. The van der Waals surface area contributed by atoms with Gasteiger partial charge in [0.1, 0.15) is 0 Å². The average Bonchev–Trinajstić information content (AvgIpc) is 2.18. The van der Waals surface area contributed by atoms with Gasteiger partial charge in [-0.25, -0.2) is 0 Å². The zero-order chi connectivity index (χ0) is 9.68. The molecule has 3 nitrogen and oxygen atoms in total. The first kappa shape index (κ1) is 10.1. The third-order valence-corrected chi connectivity index (χ3v) is 2.45. The topological polar surface area (TPSA) is 35.5 Å². The predicted molar refractivity (Wildman–Crippen MR) is 49.1 cm³/mol. The fraction of sp³-hybridized carbons (Fsp3) is 0.700. The molecular formula is C10H16O3. The summed E-state index contributed by atoms with van der Waals surface area (Å²) in [4.78, 5) is 11.2. The number of esters is 1. The van der Waals surface area contributed by atoms with Crippen LogP contribution in [0.15, 0.2) is 11.8 Å². The van der Waals surface area contributed by atoms with Gasteiger partial charge < -0.3 is 9.47 Å². The fourth-order valence-electron chi connectivity index (χ4n) is 1.68. The molecule has 0 heterocycles. The van der Waals surface area contributed by atoms with E-state index in [1.165, 1.54) is 12.7 Å². The van der Waals surface area contributed by atoms with Gasteiger partial charge in [0.2, 0.25) is 0 Å². The van der Waals surface area contributed by atoms with Crippen molar-refractivity contribution in [3.05, 3.63) is 11.8 Å². The third-order valence-electron chi connectivity index (χ3n) is 2.45. The minimum atomic E-state index is -0.0727. The Morgan fingerprint density at radius 1 is 1.38 bits per heavy atom. The number of rotatable bonds is 2. The molecule has 0 aromatic heterocycles. The number of hydrogen-bond acceptors (Lipinski definition) is 3. The maximum atomic E-state index is 11.2. The predicted octanol–water partition coefficient (Wildman–Crippen LogP) is 1.88. The number of carbonyl (C=O) groups is 1. The van der Waals surface area contributed by atoms with Gasteiger partial charge in [-0.2, -0.15) is 0 Å². The van der Waals surface area contributed by atoms with Crippen LogP contribution in [0.4, 0.5) is 0 Å². The van der Waals surface area contributed by atoms with Crippen molar-refractivity contribution in [2.45, 2.75) is 25.7 Å². The SMILES string of the molecule is COC=C1CCC(C(=O)OC)CC1. The first-order chi connectivity index (χ1) is 6.27. The molecule has 0 aromatic carbocycles. The summed E-state index contributed by atoms with van der Waals surface area (Å²) >= 11 is 0. The average molecular weight is 184 g/mol. The van der Waals surface area contributed by atoms with E-state index >= 15 is 0 Å². The molecule has 0 aromatic rings. The summed E-state index contributed by atoms with van der Waals surface area (Å²) in [6.45, 7) is 0. The van der Waals surface area contributed by atoms with Crippen LogP contribution in [0.5, 0.6) is 0 Å². The summed E-state index contributed by atoms with van der Waals surface area (Å²) < 4.78 is 9.62. The number of carbonyl (C=O) groups excluding carboxylic acids is 1. The van der Waals surface area contributed by atoms with Crippen LogP contribution in [0.25, 0.3) is 0 Å². The van der Waals surface area contributed by atoms with E-state index in [-0.39, 0.29) is 11.9 Å². The summed E-state index contributed by atoms with van der Waals surface area (Å²) in [7, 11) is 3.10. The molecule has 0 aliphatic heterocycles. The first-order valence-corrected chi connectivity index (χ1v) is 4.56. The Kier molecular flexibility index (Phi) is 3.80. The van der Waals surface area contributed by atoms with Gasteiger partial charge in [0.05, 0.1) is 26.4 Å². The van der Waals surface area contributed by atoms with Crippen LogP contribution in [-0.2, 0) is 14.3 Å². The van der Waals surface area contributed by atoms with Crippen molar-refractivity contribution in [3.63, 3.8) is 0 Å². The Hall–Kier alpha value is -0.990. The molecule has 74 valence electrons. The van der Waals surface area contributed by atoms with Crippen LogP contribution in [0.1, 0.15) is 25.7 Å². The Labute approximate surface area is 78.7 Å². The molecule has 1 saturated carbocycles. The summed E-state index contributed by atoms with van der Waals surface area (Å²) in [5.41, 5.74) is 1.29. The molecule has 13 heavy (non-hydrogen) atoms. The Balaban J connectivity index is 2.39. The van der Waals surface area contributed by atoms with Crippen molar-refractivity contribution < 1.29 is 14.3 Å². The fourth-order valence-corrected chi connectivity index (χ4v) is 1.68. The largest absolute Gasteiger partial charge is 0.504 e. The van der Waals surface area contributed by atoms with Gasteiger partial charge in [0.15, 0.2) is 0 Å². The summed E-state index contributed by atoms with van der Waals surface area (Å²) in [6, 6.07) is 0. The van der Waals surface area contributed by atoms with E-state index in [2.05, 4.69) is 0 Å². The lowest BCUT2D eigenvalue weighted by atomic mass is 9.86. The van der Waals surface area contributed by atoms with Crippen LogP contribution in [-0.4, -0.2) is 20.2 Å². The molecule has 0 N–H and O–H groups in total. The second-order valence-corrected chi connectivity index (χ2v) is 3.31. The summed E-state index contributed by atoms with van der Waals surface area (Å²) in [5.74, 6) is 0.0236. The van der Waals surface area contributed by atoms with Gasteiger partial charge in [0, 0.05) is 0 Å². The van der Waals surface area contributed by atoms with Crippen LogP contribution in [0.3, 0.4) is 0 Å². The minimum Gasteiger partial charge on any atom is -0.504 e. The third kappa shape index (κ3) is 2.76. The van der Waals surface area contributed by atoms with Crippen molar-refractivity contribution >= 4 is 5.97 Å². The van der Waals surface area contributed by atoms with Crippen molar-refractivity contribution in [3.8, 4) is 0 Å². The van der Waals surface area contributed by atoms with E-state index in [9.17, 15) is 4.79 Å². The molecule has 1 fully saturated rings. The minimum absolute atomic E-state index is 0.0727. The quantitative estimate of drug-likeness (QED) is 0.485. The number of hydrogen-bond donors (Lipinski definition) is 0. The number of allylic oxidation sites excluding steroid dienone is 1. The second kappa shape index (κ2) is 4.90. The van der Waals surface area contributed by atoms with Crippen molar-refractivity contribution in [1.82, 2.24) is 0 Å². The lowest BCUT2D eigenvalue weighted by Crippen LogP contribution is -2.19. The zero-order valence-electron chi connectivity index (χ0n) is 8.21. The van der Waals surface area contributed by atoms with Crippen LogP contribution >= 0.6 is 0 Å². The highest BCUT2D eigenvalue weighted by Crippen LogP contribution is 2.28. The lowest BCUT2D eigenvalue weighted by Gasteiger charge is -2.21. The molecule has 0 bridgehead atoms. The van der Waals surface area contributed by atoms with Crippen molar-refractivity contribution in [1.29, 1.82) is 0 Å². The molecule has 0 saturated heterocycles. The van der Waals surface area contributed by atoms with Crippen LogP contribution in [0.2, 0.25) is 0 Å². The molecule has 0 radical (unpaired) electrons. The molecule has 0 spiro atoms. The van der Waals surface area contributed by atoms with E-state index in [1.807, 2.05) is 0 Å². The second-order valence-electron chi connectivity index (χ2n) is 3.31. The smallest absolute Gasteiger partial charge is 0.308 e. The van der Waals surface area contributed by atoms with Gasteiger partial charge >= 0.3 is 5.97 Å².